The van der Waals surface area contributed by atoms with Gasteiger partial charge >= 0.3 is 11.9 Å². The molecule has 0 radical (unpaired) electrons. The molecule has 1 aromatic carbocycles. The van der Waals surface area contributed by atoms with E-state index in [1.54, 1.807) is 0 Å². The first kappa shape index (κ1) is 17.6. The van der Waals surface area contributed by atoms with E-state index in [1.165, 1.54) is 38.5 Å². The predicted molar refractivity (Wildman–Crippen MR) is 75.3 cm³/mol. The molecule has 0 aliphatic carbocycles. The summed E-state index contributed by atoms with van der Waals surface area (Å²) in [5.41, 5.74) is 0.607. The van der Waals surface area contributed by atoms with Gasteiger partial charge in [-0.15, -0.1) is 0 Å². The molecule has 0 spiro atoms. The first-order valence-corrected chi connectivity index (χ1v) is 6.64. The lowest BCUT2D eigenvalue weighted by Crippen LogP contribution is -2.42. The Kier molecular flexibility index (Phi) is 7.01. The molecule has 1 aromatic rings. The summed E-state index contributed by atoms with van der Waals surface area (Å²) in [5.74, 6) is -1.94. The van der Waals surface area contributed by atoms with E-state index in [-0.39, 0.29) is 19.3 Å². The highest BCUT2D eigenvalue weighted by molar-refractivity contribution is 5.86. The largest absolute Gasteiger partial charge is 0.469 e. The Bertz CT molecular complexity index is 529. The second-order valence-electron chi connectivity index (χ2n) is 4.56. The second-order valence-corrected chi connectivity index (χ2v) is 4.56. The minimum atomic E-state index is -0.933. The second kappa shape index (κ2) is 8.76. The zero-order chi connectivity index (χ0) is 16.5. The minimum Gasteiger partial charge on any atom is -0.469 e. The number of ether oxygens (including phenoxy) is 2. The van der Waals surface area contributed by atoms with Crippen LogP contribution < -0.4 is 5.32 Å². The topological polar surface area (TPSA) is 81.7 Å². The van der Waals surface area contributed by atoms with Gasteiger partial charge < -0.3 is 14.8 Å². The number of methoxy groups -OCH3 is 2. The van der Waals surface area contributed by atoms with Crippen molar-refractivity contribution in [2.45, 2.75) is 25.3 Å². The Morgan fingerprint density at radius 1 is 1.14 bits per heavy atom. The van der Waals surface area contributed by atoms with Gasteiger partial charge in [0.15, 0.2) is 0 Å². The molecule has 0 aliphatic heterocycles. The predicted octanol–water partition coefficient (Wildman–Crippen LogP) is 0.979. The van der Waals surface area contributed by atoms with E-state index in [0.29, 0.717) is 5.56 Å². The molecule has 22 heavy (non-hydrogen) atoms. The maximum atomic E-state index is 12.8. The average Bonchev–Trinajstić information content (AvgIpc) is 2.52. The molecule has 0 bridgehead atoms. The van der Waals surface area contributed by atoms with Crippen molar-refractivity contribution in [2.24, 2.45) is 0 Å². The Balaban J connectivity index is 2.59. The lowest BCUT2D eigenvalue weighted by Gasteiger charge is -2.16. The molecule has 0 fully saturated rings. The van der Waals surface area contributed by atoms with Crippen LogP contribution >= 0.6 is 0 Å². The summed E-state index contributed by atoms with van der Waals surface area (Å²) in [6.45, 7) is 0. The number of nitrogens with one attached hydrogen (secondary N) is 1. The van der Waals surface area contributed by atoms with Crippen molar-refractivity contribution in [1.82, 2.24) is 5.32 Å². The van der Waals surface area contributed by atoms with E-state index in [1.807, 2.05) is 0 Å². The van der Waals surface area contributed by atoms with Crippen molar-refractivity contribution in [2.75, 3.05) is 14.2 Å². The molecule has 0 saturated carbocycles. The molecule has 0 heterocycles. The maximum absolute atomic E-state index is 12.8. The standard InChI is InChI=1S/C15H18FNO5/c1-21-14(19)8-7-12(15(20)22-2)17-13(18)9-10-3-5-11(16)6-4-10/h3-6,12H,7-9H2,1-2H3,(H,17,18)/t12-/m0/s1. The molecule has 1 rings (SSSR count). The van der Waals surface area contributed by atoms with E-state index in [4.69, 9.17) is 0 Å². The summed E-state index contributed by atoms with van der Waals surface area (Å²) in [5, 5.41) is 2.50. The first-order valence-electron chi connectivity index (χ1n) is 6.64. The molecule has 1 N–H and O–H groups in total. The number of rotatable bonds is 7. The third-order valence-electron chi connectivity index (χ3n) is 2.96. The highest BCUT2D eigenvalue weighted by Crippen LogP contribution is 2.05. The lowest BCUT2D eigenvalue weighted by molar-refractivity contribution is -0.146. The molecule has 1 atom stereocenters. The molecule has 6 nitrogen and oxygen atoms in total. The maximum Gasteiger partial charge on any atom is 0.328 e. The molecule has 120 valence electrons. The fourth-order valence-corrected chi connectivity index (χ4v) is 1.79. The van der Waals surface area contributed by atoms with Gasteiger partial charge in [-0.1, -0.05) is 12.1 Å². The van der Waals surface area contributed by atoms with Crippen LogP contribution in [0.15, 0.2) is 24.3 Å². The van der Waals surface area contributed by atoms with E-state index in [2.05, 4.69) is 14.8 Å². The van der Waals surface area contributed by atoms with Crippen LogP contribution in [-0.2, 0) is 30.3 Å². The van der Waals surface area contributed by atoms with Gasteiger partial charge in [0.25, 0.3) is 0 Å². The fourth-order valence-electron chi connectivity index (χ4n) is 1.79. The van der Waals surface area contributed by atoms with Gasteiger partial charge in [0.1, 0.15) is 11.9 Å². The number of carbonyl (C=O) groups is 3. The summed E-state index contributed by atoms with van der Waals surface area (Å²) in [6, 6.07) is 4.53. The number of halogens is 1. The van der Waals surface area contributed by atoms with Gasteiger partial charge in [-0.25, -0.2) is 9.18 Å². The quantitative estimate of drug-likeness (QED) is 0.759. The summed E-state index contributed by atoms with van der Waals surface area (Å²) < 4.78 is 21.9. The average molecular weight is 311 g/mol. The Morgan fingerprint density at radius 2 is 1.77 bits per heavy atom. The van der Waals surface area contributed by atoms with Crippen LogP contribution in [0.5, 0.6) is 0 Å². The molecule has 0 aromatic heterocycles. The number of hydrogen-bond acceptors (Lipinski definition) is 5. The lowest BCUT2D eigenvalue weighted by atomic mass is 10.1. The molecular formula is C15H18FNO5. The smallest absolute Gasteiger partial charge is 0.328 e. The van der Waals surface area contributed by atoms with Gasteiger partial charge in [0, 0.05) is 6.42 Å². The number of amides is 1. The fraction of sp³-hybridized carbons (Fsp3) is 0.400. The van der Waals surface area contributed by atoms with Gasteiger partial charge in [-0.2, -0.15) is 0 Å². The van der Waals surface area contributed by atoms with Crippen molar-refractivity contribution >= 4 is 17.8 Å². The molecule has 1 amide bonds. The summed E-state index contributed by atoms with van der Waals surface area (Å²) in [4.78, 5) is 34.6. The number of carbonyl (C=O) groups excluding carboxylic acids is 3. The van der Waals surface area contributed by atoms with Crippen LogP contribution in [0.2, 0.25) is 0 Å². The Labute approximate surface area is 127 Å². The van der Waals surface area contributed by atoms with Gasteiger partial charge in [-0.05, 0) is 24.1 Å². The van der Waals surface area contributed by atoms with Crippen molar-refractivity contribution in [3.05, 3.63) is 35.6 Å². The van der Waals surface area contributed by atoms with E-state index >= 15 is 0 Å². The van der Waals surface area contributed by atoms with Crippen molar-refractivity contribution < 1.29 is 28.2 Å². The zero-order valence-electron chi connectivity index (χ0n) is 12.4. The first-order chi connectivity index (χ1) is 10.5. The van der Waals surface area contributed by atoms with Crippen LogP contribution in [0.1, 0.15) is 18.4 Å². The Hall–Kier alpha value is -2.44. The van der Waals surface area contributed by atoms with Crippen molar-refractivity contribution in [3.8, 4) is 0 Å². The highest BCUT2D eigenvalue weighted by atomic mass is 19.1. The summed E-state index contributed by atoms with van der Waals surface area (Å²) >= 11 is 0. The van der Waals surface area contributed by atoms with E-state index < -0.39 is 29.7 Å². The molecular weight excluding hydrogens is 293 g/mol. The normalized spacial score (nSPS) is 11.4. The zero-order valence-corrected chi connectivity index (χ0v) is 12.4. The van der Waals surface area contributed by atoms with Crippen LogP contribution in [0.3, 0.4) is 0 Å². The SMILES string of the molecule is COC(=O)CC[C@H](NC(=O)Cc1ccc(F)cc1)C(=O)OC. The third-order valence-corrected chi connectivity index (χ3v) is 2.96. The molecule has 0 saturated heterocycles. The van der Waals surface area contributed by atoms with Crippen LogP contribution in [0.4, 0.5) is 4.39 Å². The highest BCUT2D eigenvalue weighted by Gasteiger charge is 2.22. The molecule has 0 aliphatic rings. The van der Waals surface area contributed by atoms with E-state index in [0.717, 1.165) is 0 Å². The van der Waals surface area contributed by atoms with E-state index in [9.17, 15) is 18.8 Å². The molecule has 7 heteroatoms. The minimum absolute atomic E-state index is 0.00794. The van der Waals surface area contributed by atoms with Crippen molar-refractivity contribution in [1.29, 1.82) is 0 Å². The van der Waals surface area contributed by atoms with Gasteiger partial charge in [0.05, 0.1) is 20.6 Å². The van der Waals surface area contributed by atoms with Gasteiger partial charge in [-0.3, -0.25) is 9.59 Å². The number of benzene rings is 1. The van der Waals surface area contributed by atoms with Gasteiger partial charge in [0.2, 0.25) is 5.91 Å². The Morgan fingerprint density at radius 3 is 2.32 bits per heavy atom. The third kappa shape index (κ3) is 5.90. The monoisotopic (exact) mass is 311 g/mol. The van der Waals surface area contributed by atoms with Crippen molar-refractivity contribution in [3.63, 3.8) is 0 Å². The molecule has 0 unspecified atom stereocenters. The summed E-state index contributed by atoms with van der Waals surface area (Å²) in [6.07, 6.45) is 0.0492. The van der Waals surface area contributed by atoms with Crippen LogP contribution in [0.25, 0.3) is 0 Å². The van der Waals surface area contributed by atoms with Crippen LogP contribution in [0, 0.1) is 5.82 Å². The summed E-state index contributed by atoms with van der Waals surface area (Å²) in [7, 11) is 2.43. The number of hydrogen-bond donors (Lipinski definition) is 1. The number of esters is 2. The van der Waals surface area contributed by atoms with Crippen LogP contribution in [-0.4, -0.2) is 38.1 Å².